The van der Waals surface area contributed by atoms with E-state index in [9.17, 15) is 9.59 Å². The lowest BCUT2D eigenvalue weighted by atomic mass is 9.97. The van der Waals surface area contributed by atoms with Crippen molar-refractivity contribution in [1.29, 1.82) is 0 Å². The van der Waals surface area contributed by atoms with Crippen LogP contribution in [0.25, 0.3) is 0 Å². The summed E-state index contributed by atoms with van der Waals surface area (Å²) in [5.74, 6) is -0.377. The van der Waals surface area contributed by atoms with Crippen LogP contribution in [0.15, 0.2) is 54.9 Å². The van der Waals surface area contributed by atoms with E-state index in [1.165, 1.54) is 0 Å². The number of rotatable bonds is 4. The van der Waals surface area contributed by atoms with Crippen molar-refractivity contribution >= 4 is 11.8 Å². The van der Waals surface area contributed by atoms with E-state index in [1.54, 1.807) is 24.3 Å². The lowest BCUT2D eigenvalue weighted by molar-refractivity contribution is -0.162. The van der Waals surface area contributed by atoms with Crippen LogP contribution in [0.2, 0.25) is 0 Å². The number of morpholine rings is 1. The molecule has 130 valence electrons. The second kappa shape index (κ2) is 7.44. The first kappa shape index (κ1) is 17.1. The summed E-state index contributed by atoms with van der Waals surface area (Å²) in [7, 11) is 1.70. The fourth-order valence-corrected chi connectivity index (χ4v) is 3.01. The molecule has 2 amide bonds. The zero-order valence-corrected chi connectivity index (χ0v) is 14.3. The summed E-state index contributed by atoms with van der Waals surface area (Å²) in [6, 6.07) is 12.5. The minimum Gasteiger partial charge on any atom is -0.356 e. The van der Waals surface area contributed by atoms with Gasteiger partial charge in [0.2, 0.25) is 5.91 Å². The van der Waals surface area contributed by atoms with Crippen molar-refractivity contribution in [2.45, 2.75) is 25.1 Å². The lowest BCUT2D eigenvalue weighted by Gasteiger charge is -2.38. The zero-order chi connectivity index (χ0) is 17.8. The topological polar surface area (TPSA) is 71.5 Å². The van der Waals surface area contributed by atoms with Gasteiger partial charge in [-0.2, -0.15) is 0 Å². The minimum atomic E-state index is -0.755. The predicted octanol–water partition coefficient (Wildman–Crippen LogP) is 1.86. The molecule has 3 rings (SSSR count). The summed E-state index contributed by atoms with van der Waals surface area (Å²) < 4.78 is 5.61. The van der Waals surface area contributed by atoms with Gasteiger partial charge in [0.15, 0.2) is 6.10 Å². The van der Waals surface area contributed by atoms with Crippen molar-refractivity contribution < 1.29 is 14.3 Å². The van der Waals surface area contributed by atoms with E-state index < -0.39 is 12.1 Å². The highest BCUT2D eigenvalue weighted by Crippen LogP contribution is 2.29. The van der Waals surface area contributed by atoms with E-state index in [2.05, 4.69) is 10.3 Å². The number of nitrogens with one attached hydrogen (secondary N) is 1. The fraction of sp³-hybridized carbons (Fsp3) is 0.316. The molecule has 1 fully saturated rings. The van der Waals surface area contributed by atoms with Gasteiger partial charge in [-0.25, -0.2) is 0 Å². The van der Waals surface area contributed by atoms with E-state index in [1.807, 2.05) is 49.4 Å². The average molecular weight is 339 g/mol. The fourth-order valence-electron chi connectivity index (χ4n) is 3.01. The third kappa shape index (κ3) is 3.69. The van der Waals surface area contributed by atoms with Crippen molar-refractivity contribution in [3.63, 3.8) is 0 Å². The second-order valence-corrected chi connectivity index (χ2v) is 6.10. The maximum Gasteiger partial charge on any atom is 0.252 e. The summed E-state index contributed by atoms with van der Waals surface area (Å²) in [6.07, 6.45) is 2.62. The first-order valence-corrected chi connectivity index (χ1v) is 8.20. The molecule has 6 heteroatoms. The van der Waals surface area contributed by atoms with Crippen molar-refractivity contribution in [2.75, 3.05) is 13.7 Å². The highest BCUT2D eigenvalue weighted by molar-refractivity contribution is 5.86. The van der Waals surface area contributed by atoms with Gasteiger partial charge >= 0.3 is 0 Å². The number of aromatic nitrogens is 1. The largest absolute Gasteiger partial charge is 0.356 e. The molecule has 6 nitrogen and oxygen atoms in total. The van der Waals surface area contributed by atoms with Gasteiger partial charge in [0.05, 0.1) is 12.1 Å². The van der Waals surface area contributed by atoms with E-state index in [-0.39, 0.29) is 24.5 Å². The summed E-state index contributed by atoms with van der Waals surface area (Å²) in [5, 5.41) is 2.97. The smallest absolute Gasteiger partial charge is 0.252 e. The Kier molecular flexibility index (Phi) is 5.09. The molecule has 0 aliphatic carbocycles. The minimum absolute atomic E-state index is 0.0957. The first-order valence-electron chi connectivity index (χ1n) is 8.20. The highest BCUT2D eigenvalue weighted by atomic mass is 16.5. The molecule has 2 aromatic rings. The van der Waals surface area contributed by atoms with E-state index in [4.69, 9.17) is 4.74 Å². The van der Waals surface area contributed by atoms with Crippen molar-refractivity contribution in [3.8, 4) is 0 Å². The molecule has 0 spiro atoms. The molecule has 0 bridgehead atoms. The average Bonchev–Trinajstić information content (AvgIpc) is 2.65. The van der Waals surface area contributed by atoms with Crippen LogP contribution in [-0.2, 0) is 14.3 Å². The number of pyridine rings is 1. The van der Waals surface area contributed by atoms with Gasteiger partial charge in [-0.1, -0.05) is 30.3 Å². The molecule has 1 N–H and O–H groups in total. The molecular weight excluding hydrogens is 318 g/mol. The Morgan fingerprint density at radius 3 is 2.60 bits per heavy atom. The maximum absolute atomic E-state index is 12.8. The molecule has 0 saturated carbocycles. The van der Waals surface area contributed by atoms with Crippen LogP contribution >= 0.6 is 0 Å². The van der Waals surface area contributed by atoms with Crippen molar-refractivity contribution in [3.05, 3.63) is 66.0 Å². The predicted molar refractivity (Wildman–Crippen MR) is 92.5 cm³/mol. The van der Waals surface area contributed by atoms with Gasteiger partial charge in [0.25, 0.3) is 5.91 Å². The van der Waals surface area contributed by atoms with Crippen LogP contribution in [0, 0.1) is 0 Å². The maximum atomic E-state index is 12.8. The highest BCUT2D eigenvalue weighted by Gasteiger charge is 2.40. The van der Waals surface area contributed by atoms with E-state index >= 15 is 0 Å². The Morgan fingerprint density at radius 2 is 1.92 bits per heavy atom. The number of hydrogen-bond acceptors (Lipinski definition) is 4. The number of carbonyl (C=O) groups is 2. The van der Waals surface area contributed by atoms with Crippen molar-refractivity contribution in [1.82, 2.24) is 15.2 Å². The lowest BCUT2D eigenvalue weighted by Crippen LogP contribution is -2.53. The van der Waals surface area contributed by atoms with Crippen molar-refractivity contribution in [2.24, 2.45) is 0 Å². The molecule has 2 heterocycles. The molecule has 1 saturated heterocycles. The molecule has 1 aliphatic heterocycles. The second-order valence-electron chi connectivity index (χ2n) is 6.10. The Balaban J connectivity index is 1.80. The Morgan fingerprint density at radius 1 is 1.24 bits per heavy atom. The zero-order valence-electron chi connectivity index (χ0n) is 14.3. The monoisotopic (exact) mass is 339 g/mol. The van der Waals surface area contributed by atoms with Gasteiger partial charge in [0.1, 0.15) is 6.61 Å². The number of ether oxygens (including phenoxy) is 1. The third-order valence-corrected chi connectivity index (χ3v) is 4.45. The SMILES string of the molecule is C[C@H](NC(=O)[C@H]1OCC(=O)N(C)[C@@H]1c1ccccc1)c1ccncc1. The molecule has 1 aromatic carbocycles. The standard InChI is InChI=1S/C19H21N3O3/c1-13(14-8-10-20-11-9-14)21-19(24)18-17(15-6-4-3-5-7-15)22(2)16(23)12-25-18/h3-11,13,17-18H,12H2,1-2H3,(H,21,24)/t13-,17+,18-/m0/s1. The molecule has 25 heavy (non-hydrogen) atoms. The normalized spacial score (nSPS) is 21.7. The number of carbonyl (C=O) groups excluding carboxylic acids is 2. The Bertz CT molecular complexity index is 736. The number of likely N-dealkylation sites (N-methyl/N-ethyl adjacent to an activating group) is 1. The number of amides is 2. The molecule has 1 aromatic heterocycles. The summed E-state index contributed by atoms with van der Waals surface area (Å²) >= 11 is 0. The van der Waals surface area contributed by atoms with Gasteiger partial charge in [-0.05, 0) is 30.2 Å². The molecule has 3 atom stereocenters. The number of nitrogens with zero attached hydrogens (tertiary/aromatic N) is 2. The van der Waals surface area contributed by atoms with Crippen LogP contribution in [0.4, 0.5) is 0 Å². The molecule has 0 unspecified atom stereocenters. The van der Waals surface area contributed by atoms with Gasteiger partial charge in [-0.15, -0.1) is 0 Å². The van der Waals surface area contributed by atoms with Gasteiger partial charge in [0, 0.05) is 19.4 Å². The first-order chi connectivity index (χ1) is 12.1. The summed E-state index contributed by atoms with van der Waals surface area (Å²) in [6.45, 7) is 1.81. The van der Waals surface area contributed by atoms with Crippen LogP contribution in [0.3, 0.4) is 0 Å². The number of benzene rings is 1. The van der Waals surface area contributed by atoms with Crippen LogP contribution < -0.4 is 5.32 Å². The molecular formula is C19H21N3O3. The summed E-state index contributed by atoms with van der Waals surface area (Å²) in [5.41, 5.74) is 1.83. The molecule has 1 aliphatic rings. The Hall–Kier alpha value is -2.73. The Labute approximate surface area is 146 Å². The van der Waals surface area contributed by atoms with Gasteiger partial charge in [-0.3, -0.25) is 14.6 Å². The van der Waals surface area contributed by atoms with Crippen LogP contribution in [0.1, 0.15) is 30.1 Å². The third-order valence-electron chi connectivity index (χ3n) is 4.45. The van der Waals surface area contributed by atoms with Crippen LogP contribution in [-0.4, -0.2) is 41.5 Å². The summed E-state index contributed by atoms with van der Waals surface area (Å²) in [4.78, 5) is 30.4. The van der Waals surface area contributed by atoms with Gasteiger partial charge < -0.3 is 15.0 Å². The quantitative estimate of drug-likeness (QED) is 0.923. The van der Waals surface area contributed by atoms with Crippen LogP contribution in [0.5, 0.6) is 0 Å². The van der Waals surface area contributed by atoms with E-state index in [0.29, 0.717) is 0 Å². The van der Waals surface area contributed by atoms with E-state index in [0.717, 1.165) is 11.1 Å². The number of hydrogen-bond donors (Lipinski definition) is 1. The molecule has 0 radical (unpaired) electrons.